The molecule has 1 saturated carbocycles. The number of hydrogen-bond donors (Lipinski definition) is 1. The first-order valence-corrected chi connectivity index (χ1v) is 10.5. The van der Waals surface area contributed by atoms with Crippen molar-refractivity contribution >= 4 is 17.5 Å². The Bertz CT molecular complexity index is 1040. The highest BCUT2D eigenvalue weighted by Crippen LogP contribution is 2.32. The highest BCUT2D eigenvalue weighted by molar-refractivity contribution is 6.08. The monoisotopic (exact) mass is 420 g/mol. The van der Waals surface area contributed by atoms with Crippen LogP contribution in [0.2, 0.25) is 0 Å². The van der Waals surface area contributed by atoms with Gasteiger partial charge in [-0.15, -0.1) is 0 Å². The Morgan fingerprint density at radius 1 is 1.03 bits per heavy atom. The van der Waals surface area contributed by atoms with E-state index in [4.69, 9.17) is 4.42 Å². The molecule has 0 saturated heterocycles. The number of benzene rings is 2. The van der Waals surface area contributed by atoms with Gasteiger partial charge in [0.15, 0.2) is 5.76 Å². The van der Waals surface area contributed by atoms with Gasteiger partial charge in [-0.25, -0.2) is 4.39 Å². The molecule has 1 fully saturated rings. The van der Waals surface area contributed by atoms with Crippen LogP contribution in [0.4, 0.5) is 10.1 Å². The summed E-state index contributed by atoms with van der Waals surface area (Å²) in [6.07, 6.45) is 5.25. The van der Waals surface area contributed by atoms with Crippen molar-refractivity contribution in [3.05, 3.63) is 89.6 Å². The molecule has 6 heteroatoms. The predicted octanol–water partition coefficient (Wildman–Crippen LogP) is 5.17. The number of halogens is 1. The average Bonchev–Trinajstić information content (AvgIpc) is 3.47. The van der Waals surface area contributed by atoms with E-state index < -0.39 is 23.7 Å². The number of nitrogens with zero attached hydrogens (tertiary/aromatic N) is 1. The Morgan fingerprint density at radius 2 is 1.74 bits per heavy atom. The highest BCUT2D eigenvalue weighted by atomic mass is 19.1. The standard InChI is InChI=1S/C25H25FN2O3/c1-17-12-14-19(15-13-17)28(25(30)22-11-6-16-31-22)23(20-9-4-5-10-21(20)26)24(29)27-18-7-2-3-8-18/h4-6,9-16,18,23H,2-3,7-8H2,1H3,(H,27,29). The molecule has 5 nitrogen and oxygen atoms in total. The molecule has 1 aliphatic rings. The third-order valence-electron chi connectivity index (χ3n) is 5.67. The zero-order valence-corrected chi connectivity index (χ0v) is 17.4. The average molecular weight is 420 g/mol. The number of nitrogens with one attached hydrogen (secondary N) is 1. The molecule has 0 bridgehead atoms. The van der Waals surface area contributed by atoms with Crippen LogP contribution >= 0.6 is 0 Å². The van der Waals surface area contributed by atoms with Gasteiger partial charge in [0.25, 0.3) is 5.91 Å². The predicted molar refractivity (Wildman–Crippen MR) is 116 cm³/mol. The van der Waals surface area contributed by atoms with Crippen LogP contribution in [-0.2, 0) is 4.79 Å². The lowest BCUT2D eigenvalue weighted by Gasteiger charge is -2.32. The lowest BCUT2D eigenvalue weighted by Crippen LogP contribution is -2.46. The van der Waals surface area contributed by atoms with E-state index in [2.05, 4.69) is 5.32 Å². The van der Waals surface area contributed by atoms with Crippen LogP contribution in [0.3, 0.4) is 0 Å². The maximum absolute atomic E-state index is 14.9. The quantitative estimate of drug-likeness (QED) is 0.598. The number of rotatable bonds is 6. The second-order valence-corrected chi connectivity index (χ2v) is 7.90. The third-order valence-corrected chi connectivity index (χ3v) is 5.67. The summed E-state index contributed by atoms with van der Waals surface area (Å²) in [6.45, 7) is 1.93. The minimum absolute atomic E-state index is 0.0281. The van der Waals surface area contributed by atoms with Crippen LogP contribution in [0, 0.1) is 12.7 Å². The van der Waals surface area contributed by atoms with Gasteiger partial charge in [0, 0.05) is 17.3 Å². The largest absolute Gasteiger partial charge is 0.459 e. The number of furan rings is 1. The van der Waals surface area contributed by atoms with Crippen LogP contribution in [0.15, 0.2) is 71.3 Å². The minimum atomic E-state index is -1.18. The molecule has 1 aliphatic carbocycles. The summed E-state index contributed by atoms with van der Waals surface area (Å²) < 4.78 is 20.3. The topological polar surface area (TPSA) is 62.6 Å². The zero-order valence-electron chi connectivity index (χ0n) is 17.4. The number of aryl methyl sites for hydroxylation is 1. The van der Waals surface area contributed by atoms with Gasteiger partial charge in [-0.05, 0) is 50.1 Å². The Hall–Kier alpha value is -3.41. The second-order valence-electron chi connectivity index (χ2n) is 7.90. The van der Waals surface area contributed by atoms with Crippen molar-refractivity contribution < 1.29 is 18.4 Å². The summed E-state index contributed by atoms with van der Waals surface area (Å²) in [5.41, 5.74) is 1.63. The Morgan fingerprint density at radius 3 is 2.39 bits per heavy atom. The summed E-state index contributed by atoms with van der Waals surface area (Å²) in [5.74, 6) is -1.38. The molecule has 4 rings (SSSR count). The van der Waals surface area contributed by atoms with E-state index in [-0.39, 0.29) is 17.4 Å². The van der Waals surface area contributed by atoms with Crippen molar-refractivity contribution in [2.45, 2.75) is 44.7 Å². The minimum Gasteiger partial charge on any atom is -0.459 e. The fourth-order valence-corrected chi connectivity index (χ4v) is 4.05. The molecular formula is C25H25FN2O3. The summed E-state index contributed by atoms with van der Waals surface area (Å²) >= 11 is 0. The molecule has 1 aromatic heterocycles. The van der Waals surface area contributed by atoms with Crippen LogP contribution in [0.1, 0.15) is 53.4 Å². The third kappa shape index (κ3) is 4.53. The van der Waals surface area contributed by atoms with E-state index in [0.29, 0.717) is 5.69 Å². The van der Waals surface area contributed by atoms with Gasteiger partial charge >= 0.3 is 0 Å². The fraction of sp³-hybridized carbons (Fsp3) is 0.280. The Labute approximate surface area is 180 Å². The van der Waals surface area contributed by atoms with Gasteiger partial charge in [-0.2, -0.15) is 0 Å². The van der Waals surface area contributed by atoms with E-state index in [1.54, 1.807) is 36.4 Å². The molecule has 1 atom stereocenters. The first kappa shape index (κ1) is 20.8. The van der Waals surface area contributed by atoms with Crippen molar-refractivity contribution in [3.63, 3.8) is 0 Å². The molecule has 0 spiro atoms. The number of anilines is 1. The van der Waals surface area contributed by atoms with Crippen molar-refractivity contribution in [3.8, 4) is 0 Å². The van der Waals surface area contributed by atoms with Crippen molar-refractivity contribution in [2.24, 2.45) is 0 Å². The molecule has 2 aromatic carbocycles. The first-order valence-electron chi connectivity index (χ1n) is 10.5. The van der Waals surface area contributed by atoms with E-state index in [1.165, 1.54) is 23.3 Å². The molecule has 0 aliphatic heterocycles. The van der Waals surface area contributed by atoms with Crippen LogP contribution in [0.5, 0.6) is 0 Å². The molecule has 31 heavy (non-hydrogen) atoms. The normalized spacial score (nSPS) is 14.9. The number of carbonyl (C=O) groups is 2. The molecule has 1 N–H and O–H groups in total. The maximum atomic E-state index is 14.9. The highest BCUT2D eigenvalue weighted by Gasteiger charge is 2.37. The lowest BCUT2D eigenvalue weighted by atomic mass is 10.0. The van der Waals surface area contributed by atoms with Crippen molar-refractivity contribution in [1.82, 2.24) is 5.32 Å². The Balaban J connectivity index is 1.82. The number of amides is 2. The fourth-order valence-electron chi connectivity index (χ4n) is 4.05. The van der Waals surface area contributed by atoms with Crippen molar-refractivity contribution in [1.29, 1.82) is 0 Å². The lowest BCUT2D eigenvalue weighted by molar-refractivity contribution is -0.123. The number of carbonyl (C=O) groups excluding carboxylic acids is 2. The molecule has 3 aromatic rings. The molecular weight excluding hydrogens is 395 g/mol. The summed E-state index contributed by atoms with van der Waals surface area (Å²) in [7, 11) is 0. The molecule has 1 unspecified atom stereocenters. The van der Waals surface area contributed by atoms with Gasteiger partial charge in [0.05, 0.1) is 6.26 Å². The van der Waals surface area contributed by atoms with Crippen LogP contribution in [0.25, 0.3) is 0 Å². The summed E-state index contributed by atoms with van der Waals surface area (Å²) in [6, 6.07) is 15.3. The molecule has 160 valence electrons. The first-order chi connectivity index (χ1) is 15.0. The zero-order chi connectivity index (χ0) is 21.8. The van der Waals surface area contributed by atoms with E-state index in [9.17, 15) is 14.0 Å². The summed E-state index contributed by atoms with van der Waals surface area (Å²) in [5, 5.41) is 3.04. The van der Waals surface area contributed by atoms with Crippen LogP contribution < -0.4 is 10.2 Å². The van der Waals surface area contributed by atoms with Crippen molar-refractivity contribution in [2.75, 3.05) is 4.90 Å². The van der Waals surface area contributed by atoms with Crippen LogP contribution in [-0.4, -0.2) is 17.9 Å². The van der Waals surface area contributed by atoms with Gasteiger partial charge in [0.1, 0.15) is 11.9 Å². The van der Waals surface area contributed by atoms with Gasteiger partial charge in [-0.3, -0.25) is 14.5 Å². The molecule has 1 heterocycles. The Kier molecular flexibility index (Phi) is 6.16. The van der Waals surface area contributed by atoms with Gasteiger partial charge in [0.2, 0.25) is 5.91 Å². The smallest absolute Gasteiger partial charge is 0.294 e. The van der Waals surface area contributed by atoms with Gasteiger partial charge in [-0.1, -0.05) is 48.7 Å². The molecule has 2 amide bonds. The SMILES string of the molecule is Cc1ccc(N(C(=O)c2ccco2)C(C(=O)NC2CCCC2)c2ccccc2F)cc1. The van der Waals surface area contributed by atoms with Gasteiger partial charge < -0.3 is 9.73 Å². The van der Waals surface area contributed by atoms with E-state index >= 15 is 0 Å². The second kappa shape index (κ2) is 9.16. The van der Waals surface area contributed by atoms with E-state index in [1.807, 2.05) is 19.1 Å². The summed E-state index contributed by atoms with van der Waals surface area (Å²) in [4.78, 5) is 28.3. The van der Waals surface area contributed by atoms with E-state index in [0.717, 1.165) is 31.2 Å². The maximum Gasteiger partial charge on any atom is 0.294 e. The molecule has 0 radical (unpaired) electrons. The number of hydrogen-bond acceptors (Lipinski definition) is 3.